The summed E-state index contributed by atoms with van der Waals surface area (Å²) in [6.45, 7) is 2.00. The van der Waals surface area contributed by atoms with Gasteiger partial charge in [-0.15, -0.1) is 0 Å². The van der Waals surface area contributed by atoms with Crippen LogP contribution < -0.4 is 0 Å². The van der Waals surface area contributed by atoms with Crippen molar-refractivity contribution < 1.29 is 18.3 Å². The molecule has 88 valence electrons. The number of benzene rings is 1. The number of ether oxygens (including phenoxy) is 1. The highest BCUT2D eigenvalue weighted by Gasteiger charge is 2.08. The summed E-state index contributed by atoms with van der Waals surface area (Å²) in [6, 6.07) is 4.69. The Morgan fingerprint density at radius 3 is 3.06 bits per heavy atom. The van der Waals surface area contributed by atoms with Crippen LogP contribution in [0.4, 0.5) is 4.39 Å². The quantitative estimate of drug-likeness (QED) is 0.605. The molecule has 1 aromatic carbocycles. The van der Waals surface area contributed by atoms with Gasteiger partial charge in [0, 0.05) is 11.5 Å². The molecule has 0 aliphatic heterocycles. The van der Waals surface area contributed by atoms with E-state index in [1.165, 1.54) is 24.5 Å². The van der Waals surface area contributed by atoms with E-state index in [1.54, 1.807) is 19.1 Å². The number of halogens is 1. The Balaban J connectivity index is 2.37. The predicted molar refractivity (Wildman–Crippen MR) is 61.8 cm³/mol. The first kappa shape index (κ1) is 11.4. The van der Waals surface area contributed by atoms with Gasteiger partial charge in [-0.2, -0.15) is 0 Å². The lowest BCUT2D eigenvalue weighted by Crippen LogP contribution is -1.98. The fourth-order valence-electron chi connectivity index (χ4n) is 1.53. The normalized spacial score (nSPS) is 11.2. The lowest BCUT2D eigenvalue weighted by Gasteiger charge is -1.98. The van der Waals surface area contributed by atoms with Gasteiger partial charge in [-0.05, 0) is 31.2 Å². The molecule has 3 nitrogen and oxygen atoms in total. The minimum absolute atomic E-state index is 0.251. The third kappa shape index (κ3) is 2.36. The zero-order valence-corrected chi connectivity index (χ0v) is 9.27. The van der Waals surface area contributed by atoms with E-state index in [0.29, 0.717) is 5.58 Å². The average molecular weight is 234 g/mol. The molecule has 17 heavy (non-hydrogen) atoms. The number of hydrogen-bond acceptors (Lipinski definition) is 3. The monoisotopic (exact) mass is 234 g/mol. The van der Waals surface area contributed by atoms with Gasteiger partial charge in [0.25, 0.3) is 0 Å². The largest absolute Gasteiger partial charge is 0.464 e. The molecule has 0 saturated heterocycles. The molecule has 0 spiro atoms. The number of carbonyl (C=O) groups excluding carboxylic acids is 1. The summed E-state index contributed by atoms with van der Waals surface area (Å²) in [4.78, 5) is 11.1. The van der Waals surface area contributed by atoms with Crippen LogP contribution in [-0.2, 0) is 9.53 Å². The van der Waals surface area contributed by atoms with Crippen molar-refractivity contribution in [3.8, 4) is 0 Å². The summed E-state index contributed by atoms with van der Waals surface area (Å²) in [7, 11) is 0. The standard InChI is InChI=1S/C13H11FO3/c1-2-16-12(15)6-4-10-11(14)5-3-9-7-8-17-13(9)10/h3-8H,2H2,1H3/b6-4+. The van der Waals surface area contributed by atoms with Gasteiger partial charge in [0.2, 0.25) is 0 Å². The van der Waals surface area contributed by atoms with E-state index in [2.05, 4.69) is 0 Å². The van der Waals surface area contributed by atoms with Crippen molar-refractivity contribution in [1.82, 2.24) is 0 Å². The first-order valence-electron chi connectivity index (χ1n) is 5.23. The molecule has 0 aliphatic carbocycles. The van der Waals surface area contributed by atoms with Gasteiger partial charge in [0.15, 0.2) is 0 Å². The van der Waals surface area contributed by atoms with Gasteiger partial charge in [-0.3, -0.25) is 0 Å². The fourth-order valence-corrected chi connectivity index (χ4v) is 1.53. The Morgan fingerprint density at radius 2 is 2.29 bits per heavy atom. The zero-order chi connectivity index (χ0) is 12.3. The van der Waals surface area contributed by atoms with E-state index in [-0.39, 0.29) is 12.2 Å². The highest BCUT2D eigenvalue weighted by atomic mass is 19.1. The molecule has 2 rings (SSSR count). The minimum Gasteiger partial charge on any atom is -0.464 e. The second kappa shape index (κ2) is 4.82. The number of esters is 1. The van der Waals surface area contributed by atoms with E-state index < -0.39 is 11.8 Å². The van der Waals surface area contributed by atoms with Crippen molar-refractivity contribution in [3.05, 3.63) is 41.9 Å². The van der Waals surface area contributed by atoms with Gasteiger partial charge in [0.05, 0.1) is 18.4 Å². The number of fused-ring (bicyclic) bond motifs is 1. The van der Waals surface area contributed by atoms with Gasteiger partial charge >= 0.3 is 5.97 Å². The van der Waals surface area contributed by atoms with Crippen molar-refractivity contribution in [2.24, 2.45) is 0 Å². The van der Waals surface area contributed by atoms with Crippen LogP contribution in [0.3, 0.4) is 0 Å². The lowest BCUT2D eigenvalue weighted by atomic mass is 10.1. The summed E-state index contributed by atoms with van der Waals surface area (Å²) in [5.41, 5.74) is 0.672. The number of furan rings is 1. The molecule has 1 heterocycles. The molecule has 0 unspecified atom stereocenters. The highest BCUT2D eigenvalue weighted by Crippen LogP contribution is 2.23. The number of carbonyl (C=O) groups is 1. The van der Waals surface area contributed by atoms with Crippen LogP contribution in [0.1, 0.15) is 12.5 Å². The molecule has 0 amide bonds. The molecule has 0 fully saturated rings. The Bertz CT molecular complexity index is 569. The van der Waals surface area contributed by atoms with Crippen molar-refractivity contribution in [3.63, 3.8) is 0 Å². The molecule has 0 atom stereocenters. The molecule has 0 aliphatic rings. The average Bonchev–Trinajstić information content (AvgIpc) is 2.76. The van der Waals surface area contributed by atoms with Crippen LogP contribution in [-0.4, -0.2) is 12.6 Å². The first-order valence-corrected chi connectivity index (χ1v) is 5.23. The molecular formula is C13H11FO3. The molecule has 0 bridgehead atoms. The Hall–Kier alpha value is -2.10. The van der Waals surface area contributed by atoms with Crippen molar-refractivity contribution >= 4 is 23.0 Å². The Kier molecular flexibility index (Phi) is 3.23. The SMILES string of the molecule is CCOC(=O)/C=C/c1c(F)ccc2ccoc12. The number of hydrogen-bond donors (Lipinski definition) is 0. The summed E-state index contributed by atoms with van der Waals surface area (Å²) in [5, 5.41) is 0.787. The number of rotatable bonds is 3. The topological polar surface area (TPSA) is 39.4 Å². The van der Waals surface area contributed by atoms with Crippen LogP contribution in [0.2, 0.25) is 0 Å². The van der Waals surface area contributed by atoms with E-state index in [9.17, 15) is 9.18 Å². The van der Waals surface area contributed by atoms with Crippen LogP contribution in [0.5, 0.6) is 0 Å². The molecular weight excluding hydrogens is 223 g/mol. The van der Waals surface area contributed by atoms with Gasteiger partial charge in [-0.1, -0.05) is 0 Å². The molecule has 1 aromatic heterocycles. The lowest BCUT2D eigenvalue weighted by molar-refractivity contribution is -0.137. The van der Waals surface area contributed by atoms with Crippen LogP contribution in [0.25, 0.3) is 17.0 Å². The van der Waals surface area contributed by atoms with E-state index >= 15 is 0 Å². The summed E-state index contributed by atoms with van der Waals surface area (Å²) in [6.07, 6.45) is 4.02. The van der Waals surface area contributed by atoms with Crippen LogP contribution in [0.15, 0.2) is 35.0 Å². The predicted octanol–water partition coefficient (Wildman–Crippen LogP) is 3.15. The van der Waals surface area contributed by atoms with Crippen molar-refractivity contribution in [2.75, 3.05) is 6.61 Å². The highest BCUT2D eigenvalue weighted by molar-refractivity contribution is 5.92. The van der Waals surface area contributed by atoms with Crippen molar-refractivity contribution in [2.45, 2.75) is 6.92 Å². The fraction of sp³-hybridized carbons (Fsp3) is 0.154. The first-order chi connectivity index (χ1) is 8.22. The summed E-state index contributed by atoms with van der Waals surface area (Å²) < 4.78 is 23.5. The van der Waals surface area contributed by atoms with Crippen molar-refractivity contribution in [1.29, 1.82) is 0 Å². The second-order valence-corrected chi connectivity index (χ2v) is 3.39. The van der Waals surface area contributed by atoms with E-state index in [4.69, 9.17) is 9.15 Å². The summed E-state index contributed by atoms with van der Waals surface area (Å²) >= 11 is 0. The van der Waals surface area contributed by atoms with Gasteiger partial charge in [-0.25, -0.2) is 9.18 Å². The summed E-state index contributed by atoms with van der Waals surface area (Å²) in [5.74, 6) is -0.941. The van der Waals surface area contributed by atoms with Gasteiger partial charge in [0.1, 0.15) is 11.4 Å². The molecule has 0 saturated carbocycles. The molecule has 0 N–H and O–H groups in total. The maximum atomic E-state index is 13.6. The van der Waals surface area contributed by atoms with Gasteiger partial charge < -0.3 is 9.15 Å². The van der Waals surface area contributed by atoms with Crippen LogP contribution >= 0.6 is 0 Å². The Labute approximate surface area is 97.5 Å². The minimum atomic E-state index is -0.504. The maximum absolute atomic E-state index is 13.6. The maximum Gasteiger partial charge on any atom is 0.330 e. The molecule has 0 radical (unpaired) electrons. The zero-order valence-electron chi connectivity index (χ0n) is 9.27. The van der Waals surface area contributed by atoms with E-state index in [0.717, 1.165) is 5.39 Å². The molecule has 2 aromatic rings. The second-order valence-electron chi connectivity index (χ2n) is 3.39. The smallest absolute Gasteiger partial charge is 0.330 e. The van der Waals surface area contributed by atoms with Crippen LogP contribution in [0, 0.1) is 5.82 Å². The Morgan fingerprint density at radius 1 is 1.47 bits per heavy atom. The van der Waals surface area contributed by atoms with E-state index in [1.807, 2.05) is 0 Å². The third-order valence-electron chi connectivity index (χ3n) is 2.28. The third-order valence-corrected chi connectivity index (χ3v) is 2.28. The molecule has 4 heteroatoms.